The molecule has 10 heteroatoms. The van der Waals surface area contributed by atoms with Gasteiger partial charge in [-0.25, -0.2) is 9.98 Å². The molecule has 2 heterocycles. The molecular weight excluding hydrogens is 471 g/mol. The van der Waals surface area contributed by atoms with Crippen LogP contribution in [0.3, 0.4) is 0 Å². The SMILES string of the molecule is CCNC(=NCc1ccc(N2CCNC(=O)C2)cc1)NCc1ncnn1C.I. The number of nitrogens with one attached hydrogen (secondary N) is 3. The van der Waals surface area contributed by atoms with Crippen molar-refractivity contribution in [2.24, 2.45) is 12.0 Å². The molecule has 0 aliphatic carbocycles. The number of halogens is 1. The van der Waals surface area contributed by atoms with Gasteiger partial charge in [-0.1, -0.05) is 12.1 Å². The Labute approximate surface area is 182 Å². The standard InChI is InChI=1S/C18H26N8O.HI/c1-3-19-18(22-11-16-23-13-24-25(16)2)21-10-14-4-6-15(7-5-14)26-9-8-20-17(27)12-26;/h4-7,13H,3,8-12H2,1-2H3,(H,20,27)(H2,19,21,22);1H. The molecule has 1 aromatic heterocycles. The summed E-state index contributed by atoms with van der Waals surface area (Å²) in [6, 6.07) is 8.20. The first-order valence-electron chi connectivity index (χ1n) is 9.11. The maximum Gasteiger partial charge on any atom is 0.239 e. The minimum absolute atomic E-state index is 0. The van der Waals surface area contributed by atoms with Crippen molar-refractivity contribution in [2.45, 2.75) is 20.0 Å². The molecule has 28 heavy (non-hydrogen) atoms. The van der Waals surface area contributed by atoms with Crippen LogP contribution in [0.2, 0.25) is 0 Å². The van der Waals surface area contributed by atoms with E-state index in [4.69, 9.17) is 0 Å². The van der Waals surface area contributed by atoms with Gasteiger partial charge in [0.25, 0.3) is 0 Å². The Balaban J connectivity index is 0.00000280. The molecule has 1 aromatic carbocycles. The lowest BCUT2D eigenvalue weighted by atomic mass is 10.2. The average Bonchev–Trinajstić information content (AvgIpc) is 3.09. The number of carbonyl (C=O) groups is 1. The van der Waals surface area contributed by atoms with E-state index in [1.165, 1.54) is 6.33 Å². The first-order valence-corrected chi connectivity index (χ1v) is 9.11. The molecule has 0 spiro atoms. The monoisotopic (exact) mass is 498 g/mol. The second-order valence-electron chi connectivity index (χ2n) is 6.29. The Morgan fingerprint density at radius 1 is 1.29 bits per heavy atom. The van der Waals surface area contributed by atoms with Crippen LogP contribution < -0.4 is 20.9 Å². The van der Waals surface area contributed by atoms with E-state index in [0.717, 1.165) is 36.1 Å². The lowest BCUT2D eigenvalue weighted by Gasteiger charge is -2.28. The largest absolute Gasteiger partial charge is 0.360 e. The van der Waals surface area contributed by atoms with Crippen LogP contribution in [0.1, 0.15) is 18.3 Å². The van der Waals surface area contributed by atoms with Crippen molar-refractivity contribution in [3.8, 4) is 0 Å². The fourth-order valence-corrected chi connectivity index (χ4v) is 2.83. The lowest BCUT2D eigenvalue weighted by molar-refractivity contribution is -0.120. The smallest absolute Gasteiger partial charge is 0.239 e. The number of aryl methyl sites for hydroxylation is 1. The van der Waals surface area contributed by atoms with Crippen LogP contribution in [-0.2, 0) is 24.9 Å². The third-order valence-corrected chi connectivity index (χ3v) is 4.32. The Morgan fingerprint density at radius 3 is 2.71 bits per heavy atom. The van der Waals surface area contributed by atoms with Gasteiger partial charge in [-0.3, -0.25) is 9.48 Å². The zero-order valence-corrected chi connectivity index (χ0v) is 18.5. The van der Waals surface area contributed by atoms with Gasteiger partial charge in [0.1, 0.15) is 12.2 Å². The molecule has 1 aliphatic rings. The summed E-state index contributed by atoms with van der Waals surface area (Å²) in [5, 5.41) is 13.4. The number of anilines is 1. The minimum Gasteiger partial charge on any atom is -0.360 e. The number of hydrogen-bond donors (Lipinski definition) is 3. The minimum atomic E-state index is 0. The molecule has 1 amide bonds. The van der Waals surface area contributed by atoms with E-state index in [1.807, 2.05) is 26.1 Å². The number of nitrogens with zero attached hydrogens (tertiary/aromatic N) is 5. The summed E-state index contributed by atoms with van der Waals surface area (Å²) in [6.07, 6.45) is 1.54. The number of guanidine groups is 1. The van der Waals surface area contributed by atoms with Crippen LogP contribution in [0.15, 0.2) is 35.6 Å². The molecule has 152 valence electrons. The maximum absolute atomic E-state index is 11.5. The van der Waals surface area contributed by atoms with Gasteiger partial charge in [-0.05, 0) is 24.6 Å². The van der Waals surface area contributed by atoms with E-state index in [2.05, 4.69) is 48.1 Å². The van der Waals surface area contributed by atoms with E-state index < -0.39 is 0 Å². The predicted molar refractivity (Wildman–Crippen MR) is 120 cm³/mol. The first kappa shape index (κ1) is 21.9. The highest BCUT2D eigenvalue weighted by molar-refractivity contribution is 14.0. The summed E-state index contributed by atoms with van der Waals surface area (Å²) in [7, 11) is 1.86. The second-order valence-corrected chi connectivity index (χ2v) is 6.29. The molecular formula is C18H27IN8O. The second kappa shape index (κ2) is 10.8. The van der Waals surface area contributed by atoms with Gasteiger partial charge in [0.2, 0.25) is 5.91 Å². The number of aliphatic imine (C=N–C) groups is 1. The van der Waals surface area contributed by atoms with E-state index in [9.17, 15) is 4.79 Å². The Bertz CT molecular complexity index is 789. The molecule has 3 rings (SSSR count). The molecule has 2 aromatic rings. The number of benzene rings is 1. The summed E-state index contributed by atoms with van der Waals surface area (Å²) < 4.78 is 1.73. The summed E-state index contributed by atoms with van der Waals surface area (Å²) in [6.45, 7) is 5.86. The van der Waals surface area contributed by atoms with E-state index in [1.54, 1.807) is 4.68 Å². The molecule has 0 bridgehead atoms. The fraction of sp³-hybridized carbons (Fsp3) is 0.444. The van der Waals surface area contributed by atoms with E-state index >= 15 is 0 Å². The van der Waals surface area contributed by atoms with Crippen LogP contribution in [0, 0.1) is 0 Å². The Kier molecular flexibility index (Phi) is 8.48. The number of carbonyl (C=O) groups excluding carboxylic acids is 1. The highest BCUT2D eigenvalue weighted by atomic mass is 127. The van der Waals surface area contributed by atoms with Crippen molar-refractivity contribution in [3.63, 3.8) is 0 Å². The average molecular weight is 498 g/mol. The number of amides is 1. The molecule has 3 N–H and O–H groups in total. The number of piperazine rings is 1. The van der Waals surface area contributed by atoms with Crippen molar-refractivity contribution < 1.29 is 4.79 Å². The van der Waals surface area contributed by atoms with Gasteiger partial charge >= 0.3 is 0 Å². The van der Waals surface area contributed by atoms with Crippen LogP contribution in [0.5, 0.6) is 0 Å². The van der Waals surface area contributed by atoms with Crippen molar-refractivity contribution in [1.29, 1.82) is 0 Å². The fourth-order valence-electron chi connectivity index (χ4n) is 2.83. The normalized spacial score (nSPS) is 14.3. The van der Waals surface area contributed by atoms with Crippen LogP contribution in [0.4, 0.5) is 5.69 Å². The molecule has 0 atom stereocenters. The van der Waals surface area contributed by atoms with Crippen LogP contribution in [0.25, 0.3) is 0 Å². The zero-order chi connectivity index (χ0) is 19.1. The van der Waals surface area contributed by atoms with Gasteiger partial charge in [-0.15, -0.1) is 24.0 Å². The van der Waals surface area contributed by atoms with Gasteiger partial charge in [0, 0.05) is 32.4 Å². The molecule has 0 radical (unpaired) electrons. The molecule has 1 saturated heterocycles. The molecule has 0 saturated carbocycles. The third-order valence-electron chi connectivity index (χ3n) is 4.32. The number of hydrogen-bond acceptors (Lipinski definition) is 5. The molecule has 1 fully saturated rings. The topological polar surface area (TPSA) is 99.5 Å². The summed E-state index contributed by atoms with van der Waals surface area (Å²) >= 11 is 0. The molecule has 9 nitrogen and oxygen atoms in total. The quantitative estimate of drug-likeness (QED) is 0.307. The van der Waals surface area contributed by atoms with Gasteiger partial charge in [-0.2, -0.15) is 5.10 Å². The number of rotatable bonds is 6. The van der Waals surface area contributed by atoms with Crippen LogP contribution in [-0.4, -0.2) is 52.8 Å². The van der Waals surface area contributed by atoms with E-state index in [0.29, 0.717) is 26.2 Å². The van der Waals surface area contributed by atoms with Crippen molar-refractivity contribution in [1.82, 2.24) is 30.7 Å². The van der Waals surface area contributed by atoms with Gasteiger partial charge < -0.3 is 20.9 Å². The highest BCUT2D eigenvalue weighted by Crippen LogP contribution is 2.16. The van der Waals surface area contributed by atoms with E-state index in [-0.39, 0.29) is 29.9 Å². The van der Waals surface area contributed by atoms with Gasteiger partial charge in [0.15, 0.2) is 5.96 Å². The summed E-state index contributed by atoms with van der Waals surface area (Å²) in [4.78, 5) is 22.4. The number of aromatic nitrogens is 3. The predicted octanol–water partition coefficient (Wildman–Crippen LogP) is 0.625. The molecule has 0 unspecified atom stereocenters. The van der Waals surface area contributed by atoms with Gasteiger partial charge in [0.05, 0.1) is 19.6 Å². The zero-order valence-electron chi connectivity index (χ0n) is 16.2. The van der Waals surface area contributed by atoms with Crippen molar-refractivity contribution >= 4 is 41.5 Å². The lowest BCUT2D eigenvalue weighted by Crippen LogP contribution is -2.47. The Morgan fingerprint density at radius 2 is 2.07 bits per heavy atom. The highest BCUT2D eigenvalue weighted by Gasteiger charge is 2.16. The first-order chi connectivity index (χ1) is 13.2. The molecule has 1 aliphatic heterocycles. The summed E-state index contributed by atoms with van der Waals surface area (Å²) in [5.41, 5.74) is 2.17. The van der Waals surface area contributed by atoms with Crippen molar-refractivity contribution in [3.05, 3.63) is 42.0 Å². The van der Waals surface area contributed by atoms with Crippen LogP contribution >= 0.6 is 24.0 Å². The Hall–Kier alpha value is -2.37. The summed E-state index contributed by atoms with van der Waals surface area (Å²) in [5.74, 6) is 1.65. The van der Waals surface area contributed by atoms with Crippen molar-refractivity contribution in [2.75, 3.05) is 31.1 Å². The maximum atomic E-state index is 11.5. The third kappa shape index (κ3) is 6.08.